The van der Waals surface area contributed by atoms with E-state index < -0.39 is 20.1 Å². The van der Waals surface area contributed by atoms with Gasteiger partial charge in [0.05, 0.1) is 0 Å². The molecule has 96 valence electrons. The minimum absolute atomic E-state index is 0. The predicted octanol–water partition coefficient (Wildman–Crippen LogP) is 0.183. The summed E-state index contributed by atoms with van der Waals surface area (Å²) >= 11 is 0. The van der Waals surface area contributed by atoms with Gasteiger partial charge in [0.15, 0.2) is 0 Å². The zero-order valence-electron chi connectivity index (χ0n) is 7.55. The van der Waals surface area contributed by atoms with E-state index >= 15 is 0 Å². The summed E-state index contributed by atoms with van der Waals surface area (Å²) in [6.45, 7) is 0. The molecular weight excluding hydrogens is 252 g/mol. The summed E-state index contributed by atoms with van der Waals surface area (Å²) < 4.78 is 0. The standard InChI is InChI=1S/C.4HN2O2/c;4*1-2(3)4/h;4*(H-,1,3,4)/q+4;4*-1. The average Bonchev–Trinajstić information content (AvgIpc) is 1.76. The zero-order valence-corrected chi connectivity index (χ0v) is 7.55. The Balaban J connectivity index is -0.0000000369. The van der Waals surface area contributed by atoms with Gasteiger partial charge >= 0.3 is 7.43 Å². The van der Waals surface area contributed by atoms with Crippen LogP contribution in [0.25, 0.3) is 0 Å². The first-order chi connectivity index (χ1) is 6.93. The smallest absolute Gasteiger partial charge is 0.588 e. The molecule has 0 aliphatic carbocycles. The van der Waals surface area contributed by atoms with Crippen molar-refractivity contribution in [3.63, 3.8) is 0 Å². The summed E-state index contributed by atoms with van der Waals surface area (Å²) in [5.74, 6) is 0. The molecule has 16 nitrogen and oxygen atoms in total. The van der Waals surface area contributed by atoms with Crippen LogP contribution in [-0.2, 0) is 0 Å². The normalized spacial score (nSPS) is 5.65. The summed E-state index contributed by atoms with van der Waals surface area (Å²) in [6, 6.07) is 0. The van der Waals surface area contributed by atoms with Gasteiger partial charge in [-0.1, -0.05) is 20.1 Å². The Morgan fingerprint density at radius 3 is 0.412 bits per heavy atom. The monoisotopic (exact) mass is 256 g/mol. The van der Waals surface area contributed by atoms with Gasteiger partial charge in [-0.2, -0.15) is 0 Å². The van der Waals surface area contributed by atoms with Crippen LogP contribution in [0.15, 0.2) is 0 Å². The first-order valence-corrected chi connectivity index (χ1v) is 2.36. The van der Waals surface area contributed by atoms with Crippen LogP contribution in [-0.4, -0.2) is 20.1 Å². The number of nitrogens with one attached hydrogen (secondary N) is 4. The van der Waals surface area contributed by atoms with E-state index in [9.17, 15) is 0 Å². The number of rotatable bonds is 0. The molecule has 0 aromatic rings. The summed E-state index contributed by atoms with van der Waals surface area (Å²) in [4.78, 5) is 0. The van der Waals surface area contributed by atoms with Crippen molar-refractivity contribution in [3.05, 3.63) is 49.1 Å². The first kappa shape index (κ1) is 29.2. The molecule has 0 rings (SSSR count). The van der Waals surface area contributed by atoms with E-state index in [0.717, 1.165) is 0 Å². The zero-order chi connectivity index (χ0) is 14.3. The average molecular weight is 256 g/mol. The van der Waals surface area contributed by atoms with E-state index in [0.29, 0.717) is 0 Å². The molecule has 0 saturated carbocycles. The molecule has 4 N–H and O–H groups in total. The largest absolute Gasteiger partial charge is 4.00 e. The van der Waals surface area contributed by atoms with E-state index in [4.69, 9.17) is 63.8 Å². The maximum absolute atomic E-state index is 8.47. The van der Waals surface area contributed by atoms with Gasteiger partial charge in [-0.15, -0.1) is 0 Å². The van der Waals surface area contributed by atoms with Crippen molar-refractivity contribution in [1.29, 1.82) is 22.1 Å². The minimum Gasteiger partial charge on any atom is -0.588 e. The second kappa shape index (κ2) is 23.0. The molecule has 0 radical (unpaired) electrons. The molecule has 0 aliphatic heterocycles. The summed E-state index contributed by atoms with van der Waals surface area (Å²) in [5.41, 5.74) is 21.2. The molecule has 0 aliphatic rings. The Morgan fingerprint density at radius 1 is 0.412 bits per heavy atom. The molecule has 0 fully saturated rings. The van der Waals surface area contributed by atoms with Crippen LogP contribution in [0.2, 0.25) is 0 Å². The predicted molar refractivity (Wildman–Crippen MR) is 42.1 cm³/mol. The molecule has 0 saturated heterocycles. The van der Waals surface area contributed by atoms with Crippen LogP contribution in [0.1, 0.15) is 0 Å². The van der Waals surface area contributed by atoms with Crippen molar-refractivity contribution in [2.75, 3.05) is 0 Å². The number of nitrogens with zero attached hydrogens (tertiary/aromatic N) is 4. The summed E-state index contributed by atoms with van der Waals surface area (Å²) in [6.07, 6.45) is 0. The topological polar surface area (TPSA) is 292 Å². The summed E-state index contributed by atoms with van der Waals surface area (Å²) in [7, 11) is 0. The molecule has 0 spiro atoms. The number of hydrogen-bond acceptors (Lipinski definition) is 12. The van der Waals surface area contributed by atoms with Gasteiger partial charge in [-0.05, 0) is 22.1 Å². The molecule has 0 aromatic carbocycles. The quantitative estimate of drug-likeness (QED) is 0.341. The van der Waals surface area contributed by atoms with Crippen molar-refractivity contribution < 1.29 is 20.1 Å². The van der Waals surface area contributed by atoms with Gasteiger partial charge < -0.3 is 41.7 Å². The van der Waals surface area contributed by atoms with Gasteiger partial charge in [0.1, 0.15) is 0 Å². The SMILES string of the molecule is N=[N+]([O-])[O-].N=[N+]([O-])[O-].N=[N+]([O-])[O-].N=[N+]([O-])[O-].[C+4]. The fraction of sp³-hybridized carbons (Fsp3) is 0. The molecule has 16 heteroatoms. The maximum Gasteiger partial charge on any atom is 4.00 e. The van der Waals surface area contributed by atoms with Crippen LogP contribution in [0.4, 0.5) is 0 Å². The number of hydrogen-bond donors (Lipinski definition) is 4. The Morgan fingerprint density at radius 2 is 0.412 bits per heavy atom. The van der Waals surface area contributed by atoms with E-state index in [2.05, 4.69) is 0 Å². The van der Waals surface area contributed by atoms with E-state index in [1.165, 1.54) is 0 Å². The third-order valence-corrected chi connectivity index (χ3v) is 0. The Hall–Kier alpha value is -3.20. The Kier molecular flexibility index (Phi) is 39.5. The summed E-state index contributed by atoms with van der Waals surface area (Å²) in [5, 5.41) is 62.8. The van der Waals surface area contributed by atoms with Crippen LogP contribution >= 0.6 is 0 Å². The van der Waals surface area contributed by atoms with Crippen molar-refractivity contribution in [3.8, 4) is 0 Å². The van der Waals surface area contributed by atoms with Crippen molar-refractivity contribution >= 4 is 0 Å². The minimum atomic E-state index is -1.25. The molecule has 0 amide bonds. The molecular formula is CH4N8O8. The van der Waals surface area contributed by atoms with Gasteiger partial charge in [0.2, 0.25) is 0 Å². The van der Waals surface area contributed by atoms with Gasteiger partial charge in [0.25, 0.3) is 0 Å². The van der Waals surface area contributed by atoms with Crippen LogP contribution in [0.5, 0.6) is 0 Å². The van der Waals surface area contributed by atoms with Gasteiger partial charge in [-0.25, -0.2) is 0 Å². The Labute approximate surface area is 92.5 Å². The van der Waals surface area contributed by atoms with E-state index in [1.54, 1.807) is 0 Å². The maximum atomic E-state index is 8.47. The molecule has 0 heterocycles. The molecule has 0 aromatic heterocycles. The van der Waals surface area contributed by atoms with Crippen LogP contribution in [0, 0.1) is 71.2 Å². The molecule has 17 heavy (non-hydrogen) atoms. The van der Waals surface area contributed by atoms with Crippen molar-refractivity contribution in [1.82, 2.24) is 0 Å². The third-order valence-electron chi connectivity index (χ3n) is 0. The molecule has 0 unspecified atom stereocenters. The van der Waals surface area contributed by atoms with Crippen molar-refractivity contribution in [2.24, 2.45) is 0 Å². The van der Waals surface area contributed by atoms with Gasteiger partial charge in [-0.3, -0.25) is 0 Å². The van der Waals surface area contributed by atoms with Gasteiger partial charge in [0, 0.05) is 0 Å². The fourth-order valence-electron chi connectivity index (χ4n) is 0. The third kappa shape index (κ3) is 146. The molecule has 0 atom stereocenters. The van der Waals surface area contributed by atoms with Crippen LogP contribution < -0.4 is 0 Å². The van der Waals surface area contributed by atoms with Crippen molar-refractivity contribution in [2.45, 2.75) is 0 Å². The first-order valence-electron chi connectivity index (χ1n) is 2.36. The second-order valence-corrected chi connectivity index (χ2v) is 1.03. The second-order valence-electron chi connectivity index (χ2n) is 1.03. The van der Waals surface area contributed by atoms with E-state index in [1.807, 2.05) is 0 Å². The Bertz CT molecular complexity index is 162. The van der Waals surface area contributed by atoms with E-state index in [-0.39, 0.29) is 7.43 Å². The van der Waals surface area contributed by atoms with Crippen LogP contribution in [0.3, 0.4) is 0 Å². The fourth-order valence-corrected chi connectivity index (χ4v) is 0. The molecule has 0 bridgehead atoms.